The van der Waals surface area contributed by atoms with Crippen molar-refractivity contribution in [2.45, 2.75) is 32.9 Å². The van der Waals surface area contributed by atoms with E-state index in [0.717, 1.165) is 30.1 Å². The molecule has 1 amide bonds. The number of hydrogen-bond acceptors (Lipinski definition) is 4. The van der Waals surface area contributed by atoms with Gasteiger partial charge in [-0.1, -0.05) is 12.1 Å². The van der Waals surface area contributed by atoms with E-state index in [1.165, 1.54) is 0 Å². The van der Waals surface area contributed by atoms with Crippen molar-refractivity contribution in [1.82, 2.24) is 20.0 Å². The van der Waals surface area contributed by atoms with E-state index in [0.29, 0.717) is 12.1 Å². The third kappa shape index (κ3) is 3.85. The highest BCUT2D eigenvalue weighted by atomic mass is 16.5. The van der Waals surface area contributed by atoms with Crippen LogP contribution >= 0.6 is 0 Å². The molecule has 0 bridgehead atoms. The molecular weight excluding hydrogens is 316 g/mol. The average Bonchev–Trinajstić information content (AvgIpc) is 2.93. The van der Waals surface area contributed by atoms with Crippen LogP contribution in [0.2, 0.25) is 0 Å². The molecule has 0 spiro atoms. The molecule has 0 saturated carbocycles. The molecule has 3 rings (SSSR count). The fourth-order valence-corrected chi connectivity index (χ4v) is 3.25. The third-order valence-electron chi connectivity index (χ3n) is 4.38. The van der Waals surface area contributed by atoms with Gasteiger partial charge < -0.3 is 15.0 Å². The lowest BCUT2D eigenvalue weighted by Crippen LogP contribution is -2.48. The number of aryl methyl sites for hydroxylation is 2. The number of benzene rings is 1. The lowest BCUT2D eigenvalue weighted by molar-refractivity contribution is 0.0633. The van der Waals surface area contributed by atoms with Crippen LogP contribution in [0.5, 0.6) is 5.75 Å². The Balaban J connectivity index is 1.83. The Morgan fingerprint density at radius 3 is 2.64 bits per heavy atom. The Morgan fingerprint density at radius 1 is 1.32 bits per heavy atom. The maximum absolute atomic E-state index is 13.1. The van der Waals surface area contributed by atoms with Crippen LogP contribution in [0.4, 0.5) is 0 Å². The smallest absolute Gasteiger partial charge is 0.257 e. The van der Waals surface area contributed by atoms with Gasteiger partial charge in [0.2, 0.25) is 0 Å². The number of carbonyl (C=O) groups is 1. The molecule has 2 heterocycles. The zero-order valence-electron chi connectivity index (χ0n) is 15.3. The molecule has 6 nitrogen and oxygen atoms in total. The molecule has 1 fully saturated rings. The normalized spacial score (nSPS) is 17.8. The van der Waals surface area contributed by atoms with Gasteiger partial charge in [-0.05, 0) is 38.5 Å². The summed E-state index contributed by atoms with van der Waals surface area (Å²) in [7, 11) is 1.84. The number of rotatable bonds is 4. The summed E-state index contributed by atoms with van der Waals surface area (Å²) in [6.45, 7) is 8.13. The lowest BCUT2D eigenvalue weighted by atomic mass is 10.0. The quantitative estimate of drug-likeness (QED) is 0.926. The van der Waals surface area contributed by atoms with Crippen LogP contribution in [-0.2, 0) is 7.05 Å². The number of hydrogen-bond donors (Lipinski definition) is 1. The molecule has 1 N–H and O–H groups in total. The van der Waals surface area contributed by atoms with Crippen LogP contribution in [0.15, 0.2) is 30.5 Å². The first-order valence-corrected chi connectivity index (χ1v) is 8.74. The van der Waals surface area contributed by atoms with Gasteiger partial charge in [-0.25, -0.2) is 0 Å². The second-order valence-corrected chi connectivity index (χ2v) is 6.76. The minimum Gasteiger partial charge on any atom is -0.491 e. The third-order valence-corrected chi connectivity index (χ3v) is 4.38. The molecule has 1 aromatic heterocycles. The van der Waals surface area contributed by atoms with Crippen molar-refractivity contribution in [1.29, 1.82) is 0 Å². The molecule has 1 aliphatic rings. The number of nitrogens with one attached hydrogen (secondary N) is 1. The number of ether oxygens (including phenoxy) is 1. The summed E-state index contributed by atoms with van der Waals surface area (Å²) < 4.78 is 7.40. The maximum Gasteiger partial charge on any atom is 0.257 e. The highest BCUT2D eigenvalue weighted by Gasteiger charge is 2.30. The second kappa shape index (κ2) is 7.27. The van der Waals surface area contributed by atoms with Crippen LogP contribution in [0.3, 0.4) is 0 Å². The molecule has 2 aromatic rings. The van der Waals surface area contributed by atoms with Crippen LogP contribution in [0, 0.1) is 6.92 Å². The lowest BCUT2D eigenvalue weighted by Gasteiger charge is -2.36. The van der Waals surface area contributed by atoms with Gasteiger partial charge in [0.1, 0.15) is 5.75 Å². The molecule has 1 saturated heterocycles. The van der Waals surface area contributed by atoms with Crippen molar-refractivity contribution in [3.8, 4) is 5.75 Å². The predicted molar refractivity (Wildman–Crippen MR) is 96.8 cm³/mol. The van der Waals surface area contributed by atoms with E-state index in [4.69, 9.17) is 4.74 Å². The molecular formula is C19H26N4O2. The Hall–Kier alpha value is -2.34. The molecule has 0 unspecified atom stereocenters. The molecule has 134 valence electrons. The summed E-state index contributed by atoms with van der Waals surface area (Å²) in [4.78, 5) is 15.0. The minimum absolute atomic E-state index is 0.00829. The van der Waals surface area contributed by atoms with E-state index in [2.05, 4.69) is 10.4 Å². The summed E-state index contributed by atoms with van der Waals surface area (Å²) in [5.74, 6) is 0.892. The summed E-state index contributed by atoms with van der Waals surface area (Å²) in [6.07, 6.45) is 1.95. The van der Waals surface area contributed by atoms with E-state index in [1.54, 1.807) is 10.9 Å². The summed E-state index contributed by atoms with van der Waals surface area (Å²) in [5, 5.41) is 7.69. The van der Waals surface area contributed by atoms with E-state index in [1.807, 2.05) is 57.0 Å². The number of carbonyl (C=O) groups excluding carboxylic acids is 1. The van der Waals surface area contributed by atoms with Crippen molar-refractivity contribution < 1.29 is 9.53 Å². The number of aromatic nitrogens is 2. The first-order chi connectivity index (χ1) is 12.0. The van der Waals surface area contributed by atoms with Gasteiger partial charge in [0, 0.05) is 32.9 Å². The monoisotopic (exact) mass is 342 g/mol. The average molecular weight is 342 g/mol. The van der Waals surface area contributed by atoms with Crippen molar-refractivity contribution in [3.63, 3.8) is 0 Å². The van der Waals surface area contributed by atoms with E-state index in [-0.39, 0.29) is 18.1 Å². The van der Waals surface area contributed by atoms with Crippen LogP contribution in [0.25, 0.3) is 0 Å². The van der Waals surface area contributed by atoms with Crippen LogP contribution < -0.4 is 10.1 Å². The largest absolute Gasteiger partial charge is 0.491 e. The summed E-state index contributed by atoms with van der Waals surface area (Å²) >= 11 is 0. The Bertz CT molecular complexity index is 736. The standard InChI is InChI=1S/C19H26N4O2/c1-13(2)25-16-7-5-15(6-8-16)18-11-20-9-10-23(18)19(24)17-12-22(4)21-14(17)3/h5-8,12-13,18,20H,9-11H2,1-4H3/t18-/m1/s1. The Morgan fingerprint density at radius 2 is 2.04 bits per heavy atom. The Kier molecular flexibility index (Phi) is 5.08. The predicted octanol–water partition coefficient (Wildman–Crippen LogP) is 2.30. The van der Waals surface area contributed by atoms with Crippen LogP contribution in [0.1, 0.15) is 41.5 Å². The van der Waals surface area contributed by atoms with Crippen molar-refractivity contribution in [2.24, 2.45) is 7.05 Å². The summed E-state index contributed by atoms with van der Waals surface area (Å²) in [6, 6.07) is 8.05. The van der Waals surface area contributed by atoms with Gasteiger partial charge in [0.15, 0.2) is 0 Å². The highest BCUT2D eigenvalue weighted by Crippen LogP contribution is 2.26. The molecule has 0 radical (unpaired) electrons. The second-order valence-electron chi connectivity index (χ2n) is 6.76. The Labute approximate surface area is 148 Å². The van der Waals surface area contributed by atoms with Crippen molar-refractivity contribution in [2.75, 3.05) is 19.6 Å². The van der Waals surface area contributed by atoms with E-state index in [9.17, 15) is 4.79 Å². The zero-order valence-corrected chi connectivity index (χ0v) is 15.3. The SMILES string of the molecule is Cc1nn(C)cc1C(=O)N1CCNC[C@@H]1c1ccc(OC(C)C)cc1. The molecule has 1 aliphatic heterocycles. The topological polar surface area (TPSA) is 59.4 Å². The molecule has 25 heavy (non-hydrogen) atoms. The number of nitrogens with zero attached hydrogens (tertiary/aromatic N) is 3. The number of piperazine rings is 1. The maximum atomic E-state index is 13.1. The highest BCUT2D eigenvalue weighted by molar-refractivity contribution is 5.95. The van der Waals surface area contributed by atoms with Gasteiger partial charge in [-0.2, -0.15) is 5.10 Å². The van der Waals surface area contributed by atoms with E-state index < -0.39 is 0 Å². The first kappa shape index (κ1) is 17.5. The number of amides is 1. The van der Waals surface area contributed by atoms with Gasteiger partial charge in [0.25, 0.3) is 5.91 Å². The van der Waals surface area contributed by atoms with E-state index >= 15 is 0 Å². The van der Waals surface area contributed by atoms with Gasteiger partial charge in [-0.15, -0.1) is 0 Å². The zero-order chi connectivity index (χ0) is 18.0. The van der Waals surface area contributed by atoms with Crippen LogP contribution in [-0.4, -0.2) is 46.3 Å². The van der Waals surface area contributed by atoms with Gasteiger partial charge in [-0.3, -0.25) is 9.48 Å². The fourth-order valence-electron chi connectivity index (χ4n) is 3.25. The molecule has 1 aromatic carbocycles. The van der Waals surface area contributed by atoms with Crippen molar-refractivity contribution in [3.05, 3.63) is 47.3 Å². The van der Waals surface area contributed by atoms with Crippen molar-refractivity contribution >= 4 is 5.91 Å². The van der Waals surface area contributed by atoms with Gasteiger partial charge in [0.05, 0.1) is 23.4 Å². The summed E-state index contributed by atoms with van der Waals surface area (Å²) in [5.41, 5.74) is 2.55. The molecule has 0 aliphatic carbocycles. The molecule has 6 heteroatoms. The fraction of sp³-hybridized carbons (Fsp3) is 0.474. The first-order valence-electron chi connectivity index (χ1n) is 8.74. The van der Waals surface area contributed by atoms with Gasteiger partial charge >= 0.3 is 0 Å². The minimum atomic E-state index is 0.00829. The molecule has 1 atom stereocenters.